The maximum Gasteiger partial charge on any atom is 0.303 e. The number of aromatic amines is 1. The topological polar surface area (TPSA) is 176 Å². The van der Waals surface area contributed by atoms with Gasteiger partial charge in [-0.2, -0.15) is 8.42 Å². The highest BCUT2D eigenvalue weighted by atomic mass is 32.2. The van der Waals surface area contributed by atoms with Gasteiger partial charge in [-0.1, -0.05) is 24.3 Å². The first kappa shape index (κ1) is 27.1. The van der Waals surface area contributed by atoms with Crippen molar-refractivity contribution < 1.29 is 37.0 Å². The number of benzene rings is 3. The molecule has 4 aromatic rings. The predicted octanol–water partition coefficient (Wildman–Crippen LogP) is 4.06. The number of halogens is 2. The van der Waals surface area contributed by atoms with Crippen molar-refractivity contribution in [1.82, 2.24) is 9.97 Å². The second-order valence-electron chi connectivity index (χ2n) is 8.29. The number of aromatic nitrogens is 2. The Hall–Kier alpha value is -4.91. The lowest BCUT2D eigenvalue weighted by Gasteiger charge is -2.10. The molecule has 1 heterocycles. The van der Waals surface area contributed by atoms with Crippen LogP contribution in [-0.4, -0.2) is 46.2 Å². The Labute approximate surface area is 220 Å². The number of imidazole rings is 1. The second-order valence-corrected chi connectivity index (χ2v) is 9.90. The molecule has 0 aliphatic heterocycles. The van der Waals surface area contributed by atoms with Crippen LogP contribution in [0.15, 0.2) is 76.0 Å². The van der Waals surface area contributed by atoms with Crippen LogP contribution in [0.25, 0.3) is 22.4 Å². The quantitative estimate of drug-likeness (QED) is 0.0787. The highest BCUT2D eigenvalue weighted by Gasteiger charge is 2.26. The number of aliphatic carboxylic acids is 1. The number of carboxylic acid groups (broad SMARTS) is 1. The Balaban J connectivity index is 1.83. The van der Waals surface area contributed by atoms with E-state index in [1.807, 2.05) is 0 Å². The zero-order valence-corrected chi connectivity index (χ0v) is 20.7. The first-order valence-electron chi connectivity index (χ1n) is 11.3. The van der Waals surface area contributed by atoms with Gasteiger partial charge >= 0.3 is 5.97 Å². The molecule has 4 rings (SSSR count). The fourth-order valence-electron chi connectivity index (χ4n) is 3.66. The van der Waals surface area contributed by atoms with Gasteiger partial charge in [0, 0.05) is 23.6 Å². The van der Waals surface area contributed by atoms with Gasteiger partial charge in [-0.15, -0.1) is 4.40 Å². The van der Waals surface area contributed by atoms with E-state index in [2.05, 4.69) is 14.4 Å². The van der Waals surface area contributed by atoms with Gasteiger partial charge in [0.1, 0.15) is 34.6 Å². The molecule has 3 aromatic carbocycles. The van der Waals surface area contributed by atoms with E-state index in [1.54, 1.807) is 24.3 Å². The molecule has 0 saturated heterocycles. The summed E-state index contributed by atoms with van der Waals surface area (Å²) in [6.45, 7) is 0. The zero-order valence-electron chi connectivity index (χ0n) is 19.9. The number of nitrogens with zero attached hydrogens (tertiary/aromatic N) is 2. The Morgan fingerprint density at radius 2 is 1.62 bits per heavy atom. The van der Waals surface area contributed by atoms with Crippen molar-refractivity contribution in [1.29, 1.82) is 0 Å². The number of ketones is 1. The molecular formula is C26H20F2N4O6S. The summed E-state index contributed by atoms with van der Waals surface area (Å²) in [4.78, 5) is 31.2. The minimum absolute atomic E-state index is 0.132. The molecule has 1 aromatic heterocycles. The van der Waals surface area contributed by atoms with Crippen LogP contribution in [0.4, 0.5) is 8.78 Å². The largest absolute Gasteiger partial charge is 0.506 e. The smallest absolute Gasteiger partial charge is 0.303 e. The molecule has 0 bridgehead atoms. The summed E-state index contributed by atoms with van der Waals surface area (Å²) in [7, 11) is -4.44. The van der Waals surface area contributed by atoms with Gasteiger partial charge in [0.05, 0.1) is 22.3 Å². The summed E-state index contributed by atoms with van der Waals surface area (Å²) in [6, 6.07) is 13.6. The van der Waals surface area contributed by atoms with Gasteiger partial charge in [0.15, 0.2) is 0 Å². The zero-order chi connectivity index (χ0) is 28.3. The van der Waals surface area contributed by atoms with Gasteiger partial charge in [0.25, 0.3) is 10.0 Å². The van der Waals surface area contributed by atoms with Crippen molar-refractivity contribution in [3.63, 3.8) is 0 Å². The van der Waals surface area contributed by atoms with E-state index in [0.29, 0.717) is 17.1 Å². The number of aliphatic hydroxyl groups is 1. The number of H-pyrrole nitrogens is 1. The summed E-state index contributed by atoms with van der Waals surface area (Å²) in [5.74, 6) is -5.49. The fraction of sp³-hybridized carbons (Fsp3) is 0.0769. The minimum atomic E-state index is -4.44. The summed E-state index contributed by atoms with van der Waals surface area (Å²) < 4.78 is 56.8. The third-order valence-corrected chi connectivity index (χ3v) is 6.78. The molecular weight excluding hydrogens is 534 g/mol. The molecule has 0 aliphatic carbocycles. The summed E-state index contributed by atoms with van der Waals surface area (Å²) >= 11 is 0. The third-order valence-electron chi connectivity index (χ3n) is 5.45. The van der Waals surface area contributed by atoms with Crippen molar-refractivity contribution >= 4 is 50.0 Å². The monoisotopic (exact) mass is 554 g/mol. The van der Waals surface area contributed by atoms with Crippen molar-refractivity contribution in [2.45, 2.75) is 17.7 Å². The lowest BCUT2D eigenvalue weighted by atomic mass is 9.98. The summed E-state index contributed by atoms with van der Waals surface area (Å²) in [5, 5.41) is 19.8. The van der Waals surface area contributed by atoms with E-state index < -0.39 is 61.9 Å². The first-order valence-corrected chi connectivity index (χ1v) is 12.7. The number of fused-ring (bicyclic) bond motifs is 1. The third kappa shape index (κ3) is 6.15. The van der Waals surface area contributed by atoms with Gasteiger partial charge in [-0.05, 0) is 36.4 Å². The number of para-hydroxylation sites is 2. The molecule has 0 atom stereocenters. The highest BCUT2D eigenvalue weighted by Crippen LogP contribution is 2.29. The van der Waals surface area contributed by atoms with Crippen LogP contribution >= 0.6 is 0 Å². The lowest BCUT2D eigenvalue weighted by Crippen LogP contribution is -2.16. The number of allylic oxidation sites excluding steroid dienone is 1. The number of amidine groups is 1. The molecule has 200 valence electrons. The molecule has 0 saturated carbocycles. The van der Waals surface area contributed by atoms with Crippen LogP contribution in [0.2, 0.25) is 0 Å². The number of aliphatic hydroxyl groups excluding tert-OH is 1. The van der Waals surface area contributed by atoms with E-state index in [9.17, 15) is 31.9 Å². The molecule has 0 spiro atoms. The molecule has 0 unspecified atom stereocenters. The summed E-state index contributed by atoms with van der Waals surface area (Å²) in [6.07, 6.45) is -0.751. The number of rotatable bonds is 9. The maximum atomic E-state index is 13.9. The van der Waals surface area contributed by atoms with Crippen molar-refractivity contribution in [3.8, 4) is 0 Å². The molecule has 0 radical (unpaired) electrons. The molecule has 0 fully saturated rings. The van der Waals surface area contributed by atoms with E-state index in [1.165, 1.54) is 12.1 Å². The van der Waals surface area contributed by atoms with Gasteiger partial charge in [0.2, 0.25) is 5.78 Å². The van der Waals surface area contributed by atoms with Crippen LogP contribution in [-0.2, 0) is 14.8 Å². The van der Waals surface area contributed by atoms with E-state index in [0.717, 1.165) is 24.3 Å². The predicted molar refractivity (Wildman–Crippen MR) is 138 cm³/mol. The number of carbonyl (C=O) groups is 2. The maximum absolute atomic E-state index is 13.9. The number of carboxylic acids is 1. The number of carbonyl (C=O) groups excluding carboxylic acids is 1. The molecule has 0 amide bonds. The number of hydrogen-bond donors (Lipinski definition) is 4. The first-order chi connectivity index (χ1) is 18.4. The number of sulfonamides is 1. The van der Waals surface area contributed by atoms with Crippen LogP contribution < -0.4 is 5.73 Å². The average Bonchev–Trinajstić information content (AvgIpc) is 3.30. The van der Waals surface area contributed by atoms with Gasteiger partial charge in [-0.25, -0.2) is 13.8 Å². The Morgan fingerprint density at radius 1 is 0.923 bits per heavy atom. The molecule has 39 heavy (non-hydrogen) atoms. The van der Waals surface area contributed by atoms with Gasteiger partial charge in [-0.3, -0.25) is 9.59 Å². The minimum Gasteiger partial charge on any atom is -0.506 e. The Bertz CT molecular complexity index is 1730. The van der Waals surface area contributed by atoms with Gasteiger partial charge < -0.3 is 20.9 Å². The Kier molecular flexibility index (Phi) is 7.54. The van der Waals surface area contributed by atoms with Crippen molar-refractivity contribution in [2.75, 3.05) is 0 Å². The van der Waals surface area contributed by atoms with E-state index in [-0.39, 0.29) is 23.4 Å². The van der Waals surface area contributed by atoms with Crippen LogP contribution in [0, 0.1) is 11.6 Å². The average molecular weight is 555 g/mol. The number of nitrogens with two attached hydrogens (primary N) is 1. The molecule has 10 nitrogen and oxygen atoms in total. The molecule has 13 heteroatoms. The highest BCUT2D eigenvalue weighted by molar-refractivity contribution is 7.90. The SMILES string of the molecule is NC(CCC(=O)O)=NS(=O)(=O)c1cccc(C(=O)C(=C(O)c2cc(F)cc(F)c2)c2nc3ccccc3[nH]2)c1. The van der Waals surface area contributed by atoms with Crippen LogP contribution in [0.3, 0.4) is 0 Å². The summed E-state index contributed by atoms with van der Waals surface area (Å²) in [5.41, 5.74) is 5.43. The van der Waals surface area contributed by atoms with Crippen LogP contribution in [0.5, 0.6) is 0 Å². The normalized spacial score (nSPS) is 12.8. The van der Waals surface area contributed by atoms with E-state index >= 15 is 0 Å². The van der Waals surface area contributed by atoms with Crippen LogP contribution in [0.1, 0.15) is 34.6 Å². The number of hydrogen-bond acceptors (Lipinski definition) is 6. The Morgan fingerprint density at radius 3 is 2.28 bits per heavy atom. The van der Waals surface area contributed by atoms with Crippen molar-refractivity contribution in [2.24, 2.45) is 10.1 Å². The standard InChI is InChI=1S/C26H20F2N4O6S/c27-16-10-15(11-17(28)13-16)25(36)23(26-30-19-6-1-2-7-20(19)31-26)24(35)14-4-3-5-18(12-14)39(37,38)32-21(29)8-9-22(33)34/h1-7,10-13,36H,8-9H2,(H2,29,32)(H,30,31)(H,33,34). The molecule has 5 N–H and O–H groups in total. The fourth-order valence-corrected chi connectivity index (χ4v) is 4.70. The number of Topliss-reactive ketones (excluding diaryl/α,β-unsaturated/α-hetero) is 1. The van der Waals surface area contributed by atoms with E-state index in [4.69, 9.17) is 10.8 Å². The number of nitrogens with one attached hydrogen (secondary N) is 1. The molecule has 0 aliphatic rings. The second kappa shape index (κ2) is 10.8. The lowest BCUT2D eigenvalue weighted by molar-refractivity contribution is -0.136. The van der Waals surface area contributed by atoms with Crippen molar-refractivity contribution in [3.05, 3.63) is 95.3 Å².